The summed E-state index contributed by atoms with van der Waals surface area (Å²) in [6.07, 6.45) is 5.47. The zero-order chi connectivity index (χ0) is 13.1. The Balaban J connectivity index is 1.51. The minimum absolute atomic E-state index is 0.420. The Hall–Kier alpha value is -1.06. The van der Waals surface area contributed by atoms with E-state index in [1.807, 2.05) is 12.1 Å². The van der Waals surface area contributed by atoms with Crippen molar-refractivity contribution in [1.82, 2.24) is 5.32 Å². The van der Waals surface area contributed by atoms with Gasteiger partial charge in [-0.15, -0.1) is 0 Å². The van der Waals surface area contributed by atoms with Gasteiger partial charge in [0.2, 0.25) is 0 Å². The monoisotopic (exact) mass is 261 g/mol. The summed E-state index contributed by atoms with van der Waals surface area (Å²) in [6.45, 7) is 2.36. The fraction of sp³-hybridized carbons (Fsp3) is 0.625. The van der Waals surface area contributed by atoms with Gasteiger partial charge in [0, 0.05) is 24.6 Å². The Bertz CT molecular complexity index is 427. The molecule has 0 aromatic heterocycles. The zero-order valence-corrected chi connectivity index (χ0v) is 11.4. The van der Waals surface area contributed by atoms with Crippen molar-refractivity contribution < 1.29 is 9.84 Å². The van der Waals surface area contributed by atoms with E-state index in [-0.39, 0.29) is 0 Å². The van der Waals surface area contributed by atoms with Crippen molar-refractivity contribution in [3.05, 3.63) is 29.8 Å². The van der Waals surface area contributed by atoms with E-state index in [1.165, 1.54) is 12.0 Å². The normalized spacial score (nSPS) is 24.8. The Morgan fingerprint density at radius 1 is 1.21 bits per heavy atom. The van der Waals surface area contributed by atoms with Gasteiger partial charge in [-0.2, -0.15) is 0 Å². The van der Waals surface area contributed by atoms with E-state index in [0.29, 0.717) is 12.5 Å². The molecule has 2 aliphatic rings. The molecule has 104 valence electrons. The number of aliphatic hydroxyl groups is 1. The van der Waals surface area contributed by atoms with Crippen molar-refractivity contribution in [3.8, 4) is 5.75 Å². The molecule has 3 nitrogen and oxygen atoms in total. The molecule has 0 radical (unpaired) electrons. The van der Waals surface area contributed by atoms with Crippen LogP contribution in [0.1, 0.15) is 43.6 Å². The van der Waals surface area contributed by atoms with Crippen LogP contribution in [-0.4, -0.2) is 30.4 Å². The molecular formula is C16H23NO2. The average Bonchev–Trinajstić information content (AvgIpc) is 2.83. The summed E-state index contributed by atoms with van der Waals surface area (Å²) in [6, 6.07) is 8.25. The summed E-state index contributed by atoms with van der Waals surface area (Å²) < 4.78 is 5.68. The third kappa shape index (κ3) is 2.93. The van der Waals surface area contributed by atoms with Gasteiger partial charge in [-0.25, -0.2) is 0 Å². The third-order valence-electron chi connectivity index (χ3n) is 4.43. The molecule has 3 rings (SSSR count). The molecule has 19 heavy (non-hydrogen) atoms. The van der Waals surface area contributed by atoms with Crippen LogP contribution in [0.25, 0.3) is 0 Å². The van der Waals surface area contributed by atoms with Crippen LogP contribution in [0.2, 0.25) is 0 Å². The molecule has 3 heteroatoms. The number of benzene rings is 1. The van der Waals surface area contributed by atoms with Gasteiger partial charge in [0.15, 0.2) is 0 Å². The van der Waals surface area contributed by atoms with Gasteiger partial charge >= 0.3 is 0 Å². The molecule has 1 atom stereocenters. The molecule has 1 saturated carbocycles. The number of nitrogens with one attached hydrogen (secondary N) is 1. The largest absolute Gasteiger partial charge is 0.493 e. The molecule has 1 aliphatic heterocycles. The second kappa shape index (κ2) is 5.51. The Morgan fingerprint density at radius 2 is 2.00 bits per heavy atom. The minimum Gasteiger partial charge on any atom is -0.493 e. The van der Waals surface area contributed by atoms with Gasteiger partial charge in [0.1, 0.15) is 5.75 Å². The molecule has 2 N–H and O–H groups in total. The molecule has 0 spiro atoms. The smallest absolute Gasteiger partial charge is 0.122 e. The molecule has 1 unspecified atom stereocenters. The first kappa shape index (κ1) is 12.9. The van der Waals surface area contributed by atoms with Crippen molar-refractivity contribution in [2.45, 2.75) is 43.6 Å². The van der Waals surface area contributed by atoms with E-state index in [1.54, 1.807) is 0 Å². The van der Waals surface area contributed by atoms with Gasteiger partial charge in [-0.1, -0.05) is 37.5 Å². The van der Waals surface area contributed by atoms with Crippen molar-refractivity contribution in [2.24, 2.45) is 0 Å². The predicted octanol–water partition coefficient (Wildman–Crippen LogP) is 2.45. The van der Waals surface area contributed by atoms with Crippen molar-refractivity contribution in [1.29, 1.82) is 0 Å². The van der Waals surface area contributed by atoms with E-state index in [9.17, 15) is 5.11 Å². The SMILES string of the molecule is OC1(CNCC2COc3ccccc32)CCCCC1. The standard InChI is InChI=1S/C16H23NO2/c18-16(8-4-1-5-9-16)12-17-10-13-11-19-15-7-3-2-6-14(13)15/h2-3,6-7,13,17-18H,1,4-5,8-12H2. The second-order valence-corrected chi connectivity index (χ2v) is 5.96. The average molecular weight is 261 g/mol. The molecule has 1 fully saturated rings. The highest BCUT2D eigenvalue weighted by atomic mass is 16.5. The number of ether oxygens (including phenoxy) is 1. The Labute approximate surface area is 115 Å². The van der Waals surface area contributed by atoms with E-state index < -0.39 is 5.60 Å². The Kier molecular flexibility index (Phi) is 3.76. The molecule has 0 bridgehead atoms. The minimum atomic E-state index is -0.475. The fourth-order valence-corrected chi connectivity index (χ4v) is 3.26. The number of rotatable bonds is 4. The quantitative estimate of drug-likeness (QED) is 0.874. The van der Waals surface area contributed by atoms with Crippen LogP contribution in [0.4, 0.5) is 0 Å². The van der Waals surface area contributed by atoms with Crippen LogP contribution in [0, 0.1) is 0 Å². The maximum atomic E-state index is 10.4. The van der Waals surface area contributed by atoms with Crippen molar-refractivity contribution in [2.75, 3.05) is 19.7 Å². The summed E-state index contributed by atoms with van der Waals surface area (Å²) in [5, 5.41) is 13.9. The van der Waals surface area contributed by atoms with Crippen LogP contribution < -0.4 is 10.1 Å². The lowest BCUT2D eigenvalue weighted by atomic mass is 9.85. The van der Waals surface area contributed by atoms with Crippen LogP contribution in [-0.2, 0) is 0 Å². The third-order valence-corrected chi connectivity index (χ3v) is 4.43. The fourth-order valence-electron chi connectivity index (χ4n) is 3.26. The zero-order valence-electron chi connectivity index (χ0n) is 11.4. The van der Waals surface area contributed by atoms with E-state index in [2.05, 4.69) is 17.4 Å². The number of hydrogen-bond donors (Lipinski definition) is 2. The number of fused-ring (bicyclic) bond motifs is 1. The van der Waals surface area contributed by atoms with E-state index >= 15 is 0 Å². The molecular weight excluding hydrogens is 238 g/mol. The molecule has 1 heterocycles. The maximum absolute atomic E-state index is 10.4. The number of para-hydroxylation sites is 1. The lowest BCUT2D eigenvalue weighted by Gasteiger charge is -2.32. The maximum Gasteiger partial charge on any atom is 0.122 e. The summed E-state index contributed by atoms with van der Waals surface area (Å²) >= 11 is 0. The van der Waals surface area contributed by atoms with Gasteiger partial charge in [-0.3, -0.25) is 0 Å². The lowest BCUT2D eigenvalue weighted by Crippen LogP contribution is -2.43. The van der Waals surface area contributed by atoms with Crippen LogP contribution in [0.3, 0.4) is 0 Å². The highest BCUT2D eigenvalue weighted by Crippen LogP contribution is 2.33. The van der Waals surface area contributed by atoms with Gasteiger partial charge in [0.05, 0.1) is 12.2 Å². The van der Waals surface area contributed by atoms with E-state index in [0.717, 1.165) is 44.6 Å². The molecule has 1 aliphatic carbocycles. The second-order valence-electron chi connectivity index (χ2n) is 5.96. The predicted molar refractivity (Wildman–Crippen MR) is 75.6 cm³/mol. The summed E-state index contributed by atoms with van der Waals surface area (Å²) in [7, 11) is 0. The molecule has 1 aromatic carbocycles. The summed E-state index contributed by atoms with van der Waals surface area (Å²) in [5.74, 6) is 1.44. The summed E-state index contributed by atoms with van der Waals surface area (Å²) in [4.78, 5) is 0. The topological polar surface area (TPSA) is 41.5 Å². The summed E-state index contributed by atoms with van der Waals surface area (Å²) in [5.41, 5.74) is 0.822. The van der Waals surface area contributed by atoms with Crippen LogP contribution in [0.5, 0.6) is 5.75 Å². The first-order valence-corrected chi connectivity index (χ1v) is 7.42. The molecule has 0 saturated heterocycles. The molecule has 0 amide bonds. The van der Waals surface area contributed by atoms with Crippen LogP contribution in [0.15, 0.2) is 24.3 Å². The first-order chi connectivity index (χ1) is 9.27. The van der Waals surface area contributed by atoms with Gasteiger partial charge in [-0.05, 0) is 18.9 Å². The number of hydrogen-bond acceptors (Lipinski definition) is 3. The molecule has 1 aromatic rings. The highest BCUT2D eigenvalue weighted by molar-refractivity contribution is 5.39. The van der Waals surface area contributed by atoms with Crippen LogP contribution >= 0.6 is 0 Å². The lowest BCUT2D eigenvalue weighted by molar-refractivity contribution is 0.00471. The van der Waals surface area contributed by atoms with Crippen molar-refractivity contribution >= 4 is 0 Å². The van der Waals surface area contributed by atoms with E-state index in [4.69, 9.17) is 4.74 Å². The Morgan fingerprint density at radius 3 is 2.84 bits per heavy atom. The first-order valence-electron chi connectivity index (χ1n) is 7.42. The van der Waals surface area contributed by atoms with Gasteiger partial charge in [0.25, 0.3) is 0 Å². The van der Waals surface area contributed by atoms with Crippen molar-refractivity contribution in [3.63, 3.8) is 0 Å². The highest BCUT2D eigenvalue weighted by Gasteiger charge is 2.29. The van der Waals surface area contributed by atoms with Gasteiger partial charge < -0.3 is 15.2 Å².